The van der Waals surface area contributed by atoms with E-state index in [1.54, 1.807) is 4.90 Å². The third-order valence-corrected chi connectivity index (χ3v) is 5.55. The molecule has 0 aromatic heterocycles. The molecule has 1 aliphatic rings. The zero-order valence-electron chi connectivity index (χ0n) is 12.0. The minimum atomic E-state index is -4.03. The molecule has 2 N–H and O–H groups in total. The summed E-state index contributed by atoms with van der Waals surface area (Å²) in [4.78, 5) is 13.1. The van der Waals surface area contributed by atoms with Crippen LogP contribution in [0.1, 0.15) is 23.2 Å². The lowest BCUT2D eigenvalue weighted by atomic mass is 10.2. The van der Waals surface area contributed by atoms with Gasteiger partial charge in [-0.25, -0.2) is 4.79 Å². The molecule has 0 bridgehead atoms. The highest BCUT2D eigenvalue weighted by Crippen LogP contribution is 2.25. The molecule has 0 aliphatic carbocycles. The van der Waals surface area contributed by atoms with Crippen LogP contribution in [0.15, 0.2) is 32.0 Å². The van der Waals surface area contributed by atoms with Crippen LogP contribution in [-0.2, 0) is 14.8 Å². The number of benzene rings is 1. The van der Waals surface area contributed by atoms with Crippen molar-refractivity contribution in [3.05, 3.63) is 28.2 Å². The summed E-state index contributed by atoms with van der Waals surface area (Å²) in [6.07, 6.45) is 1.91. The number of sulfonamides is 1. The number of hydrogen-bond donors (Lipinski definition) is 1. The molecular formula is C13H16BrN3O4S. The number of nitrogens with zero attached hydrogens (tertiary/aromatic N) is 2. The minimum Gasteiger partial charge on any atom is -0.465 e. The van der Waals surface area contributed by atoms with Crippen molar-refractivity contribution < 1.29 is 17.9 Å². The highest BCUT2D eigenvalue weighted by atomic mass is 79.9. The Balaban J connectivity index is 2.40. The van der Waals surface area contributed by atoms with Gasteiger partial charge in [-0.3, -0.25) is 0 Å². The average Bonchev–Trinajstić information content (AvgIpc) is 3.00. The van der Waals surface area contributed by atoms with Crippen molar-refractivity contribution in [3.8, 4) is 0 Å². The highest BCUT2D eigenvalue weighted by Gasteiger charge is 2.22. The van der Waals surface area contributed by atoms with Crippen molar-refractivity contribution in [2.75, 3.05) is 20.2 Å². The van der Waals surface area contributed by atoms with Crippen LogP contribution in [0, 0.1) is 0 Å². The van der Waals surface area contributed by atoms with Gasteiger partial charge in [-0.1, -0.05) is 0 Å². The predicted molar refractivity (Wildman–Crippen MR) is 85.1 cm³/mol. The number of nitrogens with two attached hydrogens (primary N) is 1. The lowest BCUT2D eigenvalue weighted by Gasteiger charge is -2.15. The molecule has 7 nitrogen and oxygen atoms in total. The first-order valence-electron chi connectivity index (χ1n) is 6.58. The Kier molecular flexibility index (Phi) is 5.07. The zero-order chi connectivity index (χ0) is 16.3. The molecule has 1 aliphatic heterocycles. The van der Waals surface area contributed by atoms with Crippen molar-refractivity contribution in [1.82, 2.24) is 4.90 Å². The molecule has 2 rings (SSSR count). The zero-order valence-corrected chi connectivity index (χ0v) is 14.4. The number of rotatable bonds is 3. The van der Waals surface area contributed by atoms with Crippen LogP contribution in [0.2, 0.25) is 0 Å². The van der Waals surface area contributed by atoms with Crippen LogP contribution in [0.5, 0.6) is 0 Å². The van der Waals surface area contributed by atoms with E-state index in [1.165, 1.54) is 25.3 Å². The Morgan fingerprint density at radius 2 is 2.00 bits per heavy atom. The molecule has 1 fully saturated rings. The van der Waals surface area contributed by atoms with Gasteiger partial charge in [-0.05, 0) is 47.0 Å². The number of guanidine groups is 1. The van der Waals surface area contributed by atoms with Gasteiger partial charge in [0.15, 0.2) is 0 Å². The van der Waals surface area contributed by atoms with E-state index in [2.05, 4.69) is 25.1 Å². The normalized spacial score (nSPS) is 15.9. The molecule has 1 heterocycles. The maximum absolute atomic E-state index is 12.4. The Labute approximate surface area is 137 Å². The van der Waals surface area contributed by atoms with Crippen molar-refractivity contribution >= 4 is 37.9 Å². The Morgan fingerprint density at radius 1 is 1.36 bits per heavy atom. The molecule has 0 radical (unpaired) electrons. The molecule has 22 heavy (non-hydrogen) atoms. The van der Waals surface area contributed by atoms with E-state index in [-0.39, 0.29) is 16.4 Å². The third kappa shape index (κ3) is 3.58. The van der Waals surface area contributed by atoms with Crippen LogP contribution in [0.3, 0.4) is 0 Å². The van der Waals surface area contributed by atoms with Crippen LogP contribution in [-0.4, -0.2) is 45.4 Å². The van der Waals surface area contributed by atoms with E-state index in [4.69, 9.17) is 5.73 Å². The number of halogens is 1. The van der Waals surface area contributed by atoms with Crippen molar-refractivity contribution in [1.29, 1.82) is 0 Å². The number of hydrogen-bond acceptors (Lipinski definition) is 4. The van der Waals surface area contributed by atoms with Crippen molar-refractivity contribution in [2.24, 2.45) is 10.1 Å². The number of carbonyl (C=O) groups is 1. The van der Waals surface area contributed by atoms with E-state index in [0.29, 0.717) is 17.6 Å². The van der Waals surface area contributed by atoms with Gasteiger partial charge in [-0.15, -0.1) is 4.40 Å². The number of carbonyl (C=O) groups excluding carboxylic acids is 1. The molecule has 9 heteroatoms. The molecule has 0 atom stereocenters. The first-order chi connectivity index (χ1) is 10.3. The summed E-state index contributed by atoms with van der Waals surface area (Å²) in [5, 5.41) is 0. The van der Waals surface area contributed by atoms with Crippen LogP contribution in [0.4, 0.5) is 0 Å². The molecule has 0 spiro atoms. The lowest BCUT2D eigenvalue weighted by Crippen LogP contribution is -2.35. The summed E-state index contributed by atoms with van der Waals surface area (Å²) in [5.74, 6) is -0.659. The molecule has 0 amide bonds. The predicted octanol–water partition coefficient (Wildman–Crippen LogP) is 1.33. The van der Waals surface area contributed by atoms with Gasteiger partial charge in [0, 0.05) is 17.6 Å². The van der Waals surface area contributed by atoms with Crippen molar-refractivity contribution in [3.63, 3.8) is 0 Å². The number of likely N-dealkylation sites (tertiary alicyclic amines) is 1. The van der Waals surface area contributed by atoms with E-state index < -0.39 is 16.0 Å². The topological polar surface area (TPSA) is 102 Å². The smallest absolute Gasteiger partial charge is 0.337 e. The largest absolute Gasteiger partial charge is 0.465 e. The van der Waals surface area contributed by atoms with E-state index in [0.717, 1.165) is 12.8 Å². The SMILES string of the molecule is COC(=O)c1ccc(Br)c(S(=O)(=O)/N=C(/N)N2CCCC2)c1. The minimum absolute atomic E-state index is 0.0344. The first-order valence-corrected chi connectivity index (χ1v) is 8.81. The summed E-state index contributed by atoms with van der Waals surface area (Å²) in [6, 6.07) is 4.13. The maximum Gasteiger partial charge on any atom is 0.337 e. The second-order valence-electron chi connectivity index (χ2n) is 4.76. The quantitative estimate of drug-likeness (QED) is 0.475. The number of ether oxygens (including phenoxy) is 1. The molecule has 1 aromatic rings. The second kappa shape index (κ2) is 6.66. The van der Waals surface area contributed by atoms with Gasteiger partial charge >= 0.3 is 5.97 Å². The fourth-order valence-corrected chi connectivity index (χ4v) is 4.03. The summed E-state index contributed by atoms with van der Waals surface area (Å²) in [7, 11) is -2.80. The maximum atomic E-state index is 12.4. The number of esters is 1. The van der Waals surface area contributed by atoms with Crippen LogP contribution < -0.4 is 5.73 Å². The molecule has 1 aromatic carbocycles. The van der Waals surface area contributed by atoms with Gasteiger partial charge in [0.05, 0.1) is 12.7 Å². The number of methoxy groups -OCH3 is 1. The molecule has 0 unspecified atom stereocenters. The second-order valence-corrected chi connectivity index (χ2v) is 7.18. The summed E-state index contributed by atoms with van der Waals surface area (Å²) in [6.45, 7) is 1.38. The molecular weight excluding hydrogens is 374 g/mol. The van der Waals surface area contributed by atoms with E-state index in [9.17, 15) is 13.2 Å². The monoisotopic (exact) mass is 389 g/mol. The van der Waals surface area contributed by atoms with Gasteiger partial charge in [0.2, 0.25) is 5.96 Å². The average molecular weight is 390 g/mol. The van der Waals surface area contributed by atoms with Crippen LogP contribution in [0.25, 0.3) is 0 Å². The highest BCUT2D eigenvalue weighted by molar-refractivity contribution is 9.10. The summed E-state index contributed by atoms with van der Waals surface area (Å²) < 4.78 is 33.4. The van der Waals surface area contributed by atoms with Gasteiger partial charge in [-0.2, -0.15) is 8.42 Å². The lowest BCUT2D eigenvalue weighted by molar-refractivity contribution is 0.0600. The Bertz CT molecular complexity index is 712. The van der Waals surface area contributed by atoms with Gasteiger partial charge in [0.1, 0.15) is 4.90 Å². The standard InChI is InChI=1S/C13H16BrN3O4S/c1-21-12(18)9-4-5-10(14)11(8-9)22(19,20)16-13(15)17-6-2-3-7-17/h4-5,8H,2-3,6-7H2,1H3,(H2,15,16). The summed E-state index contributed by atoms with van der Waals surface area (Å²) >= 11 is 3.16. The fraction of sp³-hybridized carbons (Fsp3) is 0.385. The molecule has 0 saturated carbocycles. The van der Waals surface area contributed by atoms with Crippen LogP contribution >= 0.6 is 15.9 Å². The molecule has 120 valence electrons. The van der Waals surface area contributed by atoms with Crippen molar-refractivity contribution in [2.45, 2.75) is 17.7 Å². The Hall–Kier alpha value is -1.61. The molecule has 1 saturated heterocycles. The summed E-state index contributed by atoms with van der Waals surface area (Å²) in [5.41, 5.74) is 5.89. The first kappa shape index (κ1) is 16.8. The third-order valence-electron chi connectivity index (χ3n) is 3.27. The van der Waals surface area contributed by atoms with E-state index >= 15 is 0 Å². The van der Waals surface area contributed by atoms with Gasteiger partial charge in [0.25, 0.3) is 10.0 Å². The van der Waals surface area contributed by atoms with E-state index in [1.807, 2.05) is 0 Å². The fourth-order valence-electron chi connectivity index (χ4n) is 2.12. The Morgan fingerprint density at radius 3 is 2.59 bits per heavy atom. The van der Waals surface area contributed by atoms with Gasteiger partial charge < -0.3 is 15.4 Å².